The zero-order valence-electron chi connectivity index (χ0n) is 36.2. The second-order valence-electron chi connectivity index (χ2n) is 16.6. The number of pyridine rings is 2. The predicted octanol–water partition coefficient (Wildman–Crippen LogP) is 7.69. The standard InChI is InChI=1S/C51H41N13O4/c65-50(58-48-46-34(18-21-52-46)19-22-53-48)44-30-61(40-6-1-3-8-42(40)67-44)28-33-12-16-38(17-13-33)64-29-36(26-56-64)39-24-35-25-54-60-47(35)49(57-39)59-51(66)45-31-62(41-7-2-4-9-43(41)68-45)27-32-10-14-37(15-11-32)63-23-5-20-55-63/h1-26,29,44-45,52H,27-28,30-31H2,(H,54,60)(H,53,58,65)(H,57,59,66). The third-order valence-corrected chi connectivity index (χ3v) is 12.2. The summed E-state index contributed by atoms with van der Waals surface area (Å²) in [5.74, 6) is 1.43. The number of para-hydroxylation sites is 4. The Labute approximate surface area is 388 Å². The van der Waals surface area contributed by atoms with Crippen LogP contribution in [-0.2, 0) is 22.7 Å². The highest BCUT2D eigenvalue weighted by molar-refractivity contribution is 6.03. The van der Waals surface area contributed by atoms with E-state index in [0.717, 1.165) is 55.7 Å². The summed E-state index contributed by atoms with van der Waals surface area (Å²) < 4.78 is 16.1. The number of nitrogens with zero attached hydrogens (tertiary/aromatic N) is 9. The summed E-state index contributed by atoms with van der Waals surface area (Å²) in [5.41, 5.74) is 8.45. The van der Waals surface area contributed by atoms with Crippen molar-refractivity contribution in [2.75, 3.05) is 33.5 Å². The minimum atomic E-state index is -0.824. The number of nitrogens with one attached hydrogen (secondary N) is 4. The van der Waals surface area contributed by atoms with Crippen LogP contribution in [0.4, 0.5) is 23.0 Å². The molecule has 0 spiro atoms. The molecule has 0 radical (unpaired) electrons. The molecule has 2 amide bonds. The Kier molecular flexibility index (Phi) is 10.0. The average molecular weight is 900 g/mol. The molecule has 2 aliphatic heterocycles. The monoisotopic (exact) mass is 899 g/mol. The summed E-state index contributed by atoms with van der Waals surface area (Å²) in [7, 11) is 0. The Bertz CT molecular complexity index is 3450. The molecule has 17 heteroatoms. The number of carbonyl (C=O) groups excluding carboxylic acids is 2. The molecule has 4 N–H and O–H groups in total. The number of ether oxygens (including phenoxy) is 2. The van der Waals surface area contributed by atoms with E-state index in [1.54, 1.807) is 29.5 Å². The van der Waals surface area contributed by atoms with Gasteiger partial charge in [0, 0.05) is 60.4 Å². The number of carbonyl (C=O) groups is 2. The molecular weight excluding hydrogens is 859 g/mol. The largest absolute Gasteiger partial charge is 0.477 e. The lowest BCUT2D eigenvalue weighted by molar-refractivity contribution is -0.123. The van der Waals surface area contributed by atoms with Crippen LogP contribution in [0.25, 0.3) is 44.4 Å². The van der Waals surface area contributed by atoms with Gasteiger partial charge in [-0.1, -0.05) is 48.5 Å². The van der Waals surface area contributed by atoms with E-state index in [-0.39, 0.29) is 11.8 Å². The van der Waals surface area contributed by atoms with Crippen LogP contribution in [0.2, 0.25) is 0 Å². The van der Waals surface area contributed by atoms with E-state index in [0.29, 0.717) is 60.5 Å². The van der Waals surface area contributed by atoms with Crippen molar-refractivity contribution in [3.8, 4) is 34.1 Å². The molecule has 6 aromatic heterocycles. The molecule has 334 valence electrons. The molecule has 2 atom stereocenters. The highest BCUT2D eigenvalue weighted by atomic mass is 16.5. The summed E-state index contributed by atoms with van der Waals surface area (Å²) in [6, 6.07) is 39.4. The van der Waals surface area contributed by atoms with Gasteiger partial charge < -0.3 is 34.9 Å². The summed E-state index contributed by atoms with van der Waals surface area (Å²) in [4.78, 5) is 44.5. The van der Waals surface area contributed by atoms with Crippen LogP contribution in [0.3, 0.4) is 0 Å². The number of anilines is 4. The van der Waals surface area contributed by atoms with Crippen molar-refractivity contribution in [3.05, 3.63) is 176 Å². The first-order chi connectivity index (χ1) is 33.5. The summed E-state index contributed by atoms with van der Waals surface area (Å²) >= 11 is 0. The van der Waals surface area contributed by atoms with Gasteiger partial charge in [-0.05, 0) is 83.9 Å². The lowest BCUT2D eigenvalue weighted by atomic mass is 10.1. The van der Waals surface area contributed by atoms with Gasteiger partial charge in [-0.2, -0.15) is 15.3 Å². The van der Waals surface area contributed by atoms with Crippen molar-refractivity contribution in [2.45, 2.75) is 25.3 Å². The molecule has 17 nitrogen and oxygen atoms in total. The van der Waals surface area contributed by atoms with Gasteiger partial charge >= 0.3 is 0 Å². The highest BCUT2D eigenvalue weighted by Crippen LogP contribution is 2.37. The molecule has 12 rings (SSSR count). The maximum Gasteiger partial charge on any atom is 0.268 e. The van der Waals surface area contributed by atoms with Gasteiger partial charge in [-0.15, -0.1) is 0 Å². The van der Waals surface area contributed by atoms with Crippen molar-refractivity contribution in [3.63, 3.8) is 0 Å². The SMILES string of the molecule is O=C(Nc1nccc2cc[nH]c12)C1CN(Cc2ccc(-n3cc(-c4cc5cn[nH]c5c(NC(=O)C5CN(Cc6ccc(-n7cccn7)cc6)c6ccccc6O5)n4)cn3)cc2)c2ccccc2O1. The quantitative estimate of drug-likeness (QED) is 0.0997. The topological polar surface area (TPSA) is 189 Å². The maximum atomic E-state index is 14.1. The number of aromatic amines is 2. The Balaban J connectivity index is 0.737. The zero-order valence-corrected chi connectivity index (χ0v) is 36.2. The van der Waals surface area contributed by atoms with E-state index < -0.39 is 12.2 Å². The number of aromatic nitrogens is 9. The molecule has 0 saturated heterocycles. The Morgan fingerprint density at radius 2 is 1.29 bits per heavy atom. The first-order valence-corrected chi connectivity index (χ1v) is 22.1. The molecular formula is C51H41N13O4. The van der Waals surface area contributed by atoms with Crippen LogP contribution in [0.1, 0.15) is 11.1 Å². The van der Waals surface area contributed by atoms with Gasteiger partial charge in [0.1, 0.15) is 17.0 Å². The number of fused-ring (bicyclic) bond motifs is 4. The molecule has 4 aromatic carbocycles. The molecule has 0 fully saturated rings. The van der Waals surface area contributed by atoms with Gasteiger partial charge in [0.05, 0.1) is 59.4 Å². The van der Waals surface area contributed by atoms with Gasteiger partial charge in [0.15, 0.2) is 23.8 Å². The van der Waals surface area contributed by atoms with Crippen molar-refractivity contribution >= 4 is 56.6 Å². The van der Waals surface area contributed by atoms with Crippen LogP contribution in [-0.4, -0.2) is 81.8 Å². The molecule has 8 heterocycles. The zero-order chi connectivity index (χ0) is 45.6. The smallest absolute Gasteiger partial charge is 0.268 e. The highest BCUT2D eigenvalue weighted by Gasteiger charge is 2.33. The van der Waals surface area contributed by atoms with Crippen LogP contribution < -0.4 is 29.9 Å². The second kappa shape index (κ2) is 17.0. The summed E-state index contributed by atoms with van der Waals surface area (Å²) in [6.07, 6.45) is 10.9. The van der Waals surface area contributed by atoms with Gasteiger partial charge in [0.2, 0.25) is 0 Å². The van der Waals surface area contributed by atoms with Crippen LogP contribution >= 0.6 is 0 Å². The molecule has 0 aliphatic carbocycles. The Hall–Kier alpha value is -9.25. The second-order valence-corrected chi connectivity index (χ2v) is 16.6. The maximum absolute atomic E-state index is 14.1. The van der Waals surface area contributed by atoms with E-state index >= 15 is 0 Å². The first-order valence-electron chi connectivity index (χ1n) is 22.1. The van der Waals surface area contributed by atoms with E-state index in [1.165, 1.54) is 0 Å². The third kappa shape index (κ3) is 7.76. The van der Waals surface area contributed by atoms with Crippen LogP contribution in [0, 0.1) is 0 Å². The van der Waals surface area contributed by atoms with Crippen LogP contribution in [0.15, 0.2) is 165 Å². The van der Waals surface area contributed by atoms with Gasteiger partial charge in [-0.3, -0.25) is 14.7 Å². The van der Waals surface area contributed by atoms with E-state index in [9.17, 15) is 9.59 Å². The predicted molar refractivity (Wildman–Crippen MR) is 257 cm³/mol. The van der Waals surface area contributed by atoms with E-state index in [1.807, 2.05) is 120 Å². The van der Waals surface area contributed by atoms with Crippen LogP contribution in [0.5, 0.6) is 11.5 Å². The fourth-order valence-electron chi connectivity index (χ4n) is 8.81. The number of H-pyrrole nitrogens is 2. The molecule has 2 aliphatic rings. The lowest BCUT2D eigenvalue weighted by Crippen LogP contribution is -2.46. The lowest BCUT2D eigenvalue weighted by Gasteiger charge is -2.35. The average Bonchev–Trinajstić information content (AvgIpc) is 4.24. The normalized spacial score (nSPS) is 15.4. The summed E-state index contributed by atoms with van der Waals surface area (Å²) in [6.45, 7) is 1.78. The number of amides is 2. The van der Waals surface area contributed by atoms with Crippen molar-refractivity contribution in [1.82, 2.24) is 44.7 Å². The first kappa shape index (κ1) is 40.3. The van der Waals surface area contributed by atoms with Crippen molar-refractivity contribution in [2.24, 2.45) is 0 Å². The molecule has 0 bridgehead atoms. The number of hydrogen-bond acceptors (Lipinski definition) is 11. The minimum Gasteiger partial charge on any atom is -0.477 e. The number of rotatable bonds is 11. The number of benzene rings is 4. The molecule has 2 unspecified atom stereocenters. The summed E-state index contributed by atoms with van der Waals surface area (Å²) in [5, 5.41) is 24.0. The number of hydrogen-bond donors (Lipinski definition) is 4. The Morgan fingerprint density at radius 1 is 0.647 bits per heavy atom. The third-order valence-electron chi connectivity index (χ3n) is 12.2. The minimum absolute atomic E-state index is 0.281. The molecule has 68 heavy (non-hydrogen) atoms. The van der Waals surface area contributed by atoms with E-state index in [4.69, 9.17) is 14.5 Å². The van der Waals surface area contributed by atoms with Gasteiger partial charge in [-0.25, -0.2) is 19.3 Å². The fourth-order valence-corrected chi connectivity index (χ4v) is 8.81. The van der Waals surface area contributed by atoms with Crippen molar-refractivity contribution in [1.29, 1.82) is 0 Å². The molecule has 10 aromatic rings. The van der Waals surface area contributed by atoms with E-state index in [2.05, 4.69) is 75.1 Å². The molecule has 0 saturated carbocycles. The fraction of sp³-hybridized carbons (Fsp3) is 0.118. The Morgan fingerprint density at radius 3 is 1.96 bits per heavy atom. The van der Waals surface area contributed by atoms with Crippen molar-refractivity contribution < 1.29 is 19.1 Å². The van der Waals surface area contributed by atoms with Gasteiger partial charge in [0.25, 0.3) is 11.8 Å².